The van der Waals surface area contributed by atoms with Crippen molar-refractivity contribution in [3.8, 4) is 22.8 Å². The number of ether oxygens (including phenoxy) is 1. The molecule has 5 nitrogen and oxygen atoms in total. The van der Waals surface area contributed by atoms with Gasteiger partial charge in [0.1, 0.15) is 5.75 Å². The Morgan fingerprint density at radius 2 is 1.81 bits per heavy atom. The number of methoxy groups -OCH3 is 1. The van der Waals surface area contributed by atoms with Crippen LogP contribution in [0.15, 0.2) is 96.3 Å². The molecule has 0 atom stereocenters. The summed E-state index contributed by atoms with van der Waals surface area (Å²) in [5.41, 5.74) is 4.23. The highest BCUT2D eigenvalue weighted by molar-refractivity contribution is 7.99. The lowest BCUT2D eigenvalue weighted by atomic mass is 10.1. The zero-order chi connectivity index (χ0) is 21.8. The molecule has 0 radical (unpaired) electrons. The summed E-state index contributed by atoms with van der Waals surface area (Å²) in [5.74, 6) is 2.37. The fraction of sp³-hybridized carbons (Fsp3) is 0.0769. The normalized spacial score (nSPS) is 11.4. The van der Waals surface area contributed by atoms with Gasteiger partial charge in [-0.15, -0.1) is 10.2 Å². The van der Waals surface area contributed by atoms with Crippen molar-refractivity contribution >= 4 is 28.7 Å². The summed E-state index contributed by atoms with van der Waals surface area (Å²) >= 11 is 1.65. The van der Waals surface area contributed by atoms with Crippen LogP contribution in [0, 0.1) is 0 Å². The zero-order valence-electron chi connectivity index (χ0n) is 17.6. The van der Waals surface area contributed by atoms with Crippen LogP contribution in [0.25, 0.3) is 34.1 Å². The van der Waals surface area contributed by atoms with Crippen LogP contribution in [0.4, 0.5) is 0 Å². The van der Waals surface area contributed by atoms with E-state index in [9.17, 15) is 0 Å². The van der Waals surface area contributed by atoms with Crippen LogP contribution in [-0.2, 0) is 0 Å². The van der Waals surface area contributed by atoms with Gasteiger partial charge in [0, 0.05) is 34.5 Å². The molecule has 5 rings (SSSR count). The van der Waals surface area contributed by atoms with Gasteiger partial charge in [-0.3, -0.25) is 4.57 Å². The number of fused-ring (bicyclic) bond motifs is 1. The second kappa shape index (κ2) is 9.16. The van der Waals surface area contributed by atoms with Gasteiger partial charge in [-0.25, -0.2) is 0 Å². The molecule has 2 aromatic heterocycles. The Labute approximate surface area is 190 Å². The molecule has 0 aliphatic heterocycles. The molecule has 5 aromatic rings. The Bertz CT molecular complexity index is 1370. The molecule has 0 bridgehead atoms. The predicted molar refractivity (Wildman–Crippen MR) is 131 cm³/mol. The van der Waals surface area contributed by atoms with Gasteiger partial charge >= 0.3 is 0 Å². The van der Waals surface area contributed by atoms with Crippen LogP contribution in [0.5, 0.6) is 5.75 Å². The van der Waals surface area contributed by atoms with E-state index in [2.05, 4.69) is 56.2 Å². The highest BCUT2D eigenvalue weighted by Crippen LogP contribution is 2.33. The van der Waals surface area contributed by atoms with Gasteiger partial charge in [0.25, 0.3) is 0 Å². The fourth-order valence-electron chi connectivity index (χ4n) is 3.65. The number of thioether (sulfide) groups is 1. The van der Waals surface area contributed by atoms with Crippen LogP contribution in [0.2, 0.25) is 0 Å². The van der Waals surface area contributed by atoms with Crippen molar-refractivity contribution in [2.75, 3.05) is 12.9 Å². The van der Waals surface area contributed by atoms with Crippen molar-refractivity contribution in [3.05, 3.63) is 96.7 Å². The maximum Gasteiger partial charge on any atom is 0.196 e. The van der Waals surface area contributed by atoms with E-state index in [-0.39, 0.29) is 0 Å². The van der Waals surface area contributed by atoms with Crippen molar-refractivity contribution in [3.63, 3.8) is 0 Å². The van der Waals surface area contributed by atoms with Crippen LogP contribution < -0.4 is 4.74 Å². The topological polar surface area (TPSA) is 55.7 Å². The smallest absolute Gasteiger partial charge is 0.196 e. The lowest BCUT2D eigenvalue weighted by Gasteiger charge is -2.11. The summed E-state index contributed by atoms with van der Waals surface area (Å²) in [6.07, 6.45) is 6.27. The third-order valence-corrected chi connectivity index (χ3v) is 6.08. The molecule has 0 spiro atoms. The molecule has 0 amide bonds. The van der Waals surface area contributed by atoms with E-state index in [0.29, 0.717) is 0 Å². The van der Waals surface area contributed by atoms with E-state index in [4.69, 9.17) is 4.74 Å². The first-order valence-electron chi connectivity index (χ1n) is 10.3. The molecular formula is C26H22N4OS. The van der Waals surface area contributed by atoms with Crippen molar-refractivity contribution < 1.29 is 4.74 Å². The number of benzene rings is 3. The van der Waals surface area contributed by atoms with Crippen LogP contribution in [0.3, 0.4) is 0 Å². The van der Waals surface area contributed by atoms with E-state index >= 15 is 0 Å². The van der Waals surface area contributed by atoms with Crippen LogP contribution >= 0.6 is 11.8 Å². The third-order valence-electron chi connectivity index (χ3n) is 5.19. The summed E-state index contributed by atoms with van der Waals surface area (Å²) in [6.45, 7) is 0. The van der Waals surface area contributed by atoms with Crippen molar-refractivity contribution in [2.45, 2.75) is 5.16 Å². The Balaban J connectivity index is 1.53. The average Bonchev–Trinajstić information content (AvgIpc) is 3.46. The summed E-state index contributed by atoms with van der Waals surface area (Å²) in [7, 11) is 1.68. The SMILES string of the molecule is COc1cccc(-n2c(SCC=Cc3ccccc3)nnc2-c2c[nH]c3ccccc23)c1. The first-order chi connectivity index (χ1) is 15.8. The summed E-state index contributed by atoms with van der Waals surface area (Å²) in [5, 5.41) is 11.1. The molecule has 0 saturated carbocycles. The van der Waals surface area contributed by atoms with E-state index in [1.807, 2.05) is 60.8 Å². The average molecular weight is 439 g/mol. The maximum atomic E-state index is 5.46. The fourth-order valence-corrected chi connectivity index (χ4v) is 4.41. The minimum Gasteiger partial charge on any atom is -0.497 e. The Hall–Kier alpha value is -3.77. The molecular weight excluding hydrogens is 416 g/mol. The molecule has 32 heavy (non-hydrogen) atoms. The number of aromatic nitrogens is 4. The molecule has 6 heteroatoms. The first-order valence-corrected chi connectivity index (χ1v) is 11.3. The van der Waals surface area contributed by atoms with Crippen molar-refractivity contribution in [2.24, 2.45) is 0 Å². The van der Waals surface area contributed by atoms with E-state index in [1.54, 1.807) is 18.9 Å². The number of hydrogen-bond donors (Lipinski definition) is 1. The number of aromatic amines is 1. The molecule has 158 valence electrons. The largest absolute Gasteiger partial charge is 0.497 e. The number of nitrogens with zero attached hydrogens (tertiary/aromatic N) is 3. The number of rotatable bonds is 7. The van der Waals surface area contributed by atoms with Crippen molar-refractivity contribution in [1.82, 2.24) is 19.7 Å². The molecule has 0 unspecified atom stereocenters. The van der Waals surface area contributed by atoms with Gasteiger partial charge in [0.05, 0.1) is 12.8 Å². The van der Waals surface area contributed by atoms with E-state index < -0.39 is 0 Å². The van der Waals surface area contributed by atoms with Crippen LogP contribution in [-0.4, -0.2) is 32.6 Å². The first kappa shape index (κ1) is 20.2. The lowest BCUT2D eigenvalue weighted by molar-refractivity contribution is 0.414. The monoisotopic (exact) mass is 438 g/mol. The number of nitrogens with one attached hydrogen (secondary N) is 1. The minimum atomic E-state index is 0.783. The van der Waals surface area contributed by atoms with Gasteiger partial charge in [-0.1, -0.05) is 78.5 Å². The predicted octanol–water partition coefficient (Wildman–Crippen LogP) is 6.23. The van der Waals surface area contributed by atoms with Crippen molar-refractivity contribution in [1.29, 1.82) is 0 Å². The summed E-state index contributed by atoms with van der Waals surface area (Å²) < 4.78 is 7.56. The number of H-pyrrole nitrogens is 1. The lowest BCUT2D eigenvalue weighted by Crippen LogP contribution is -2.00. The van der Waals surface area contributed by atoms with E-state index in [0.717, 1.165) is 44.6 Å². The minimum absolute atomic E-state index is 0.783. The molecule has 0 aliphatic rings. The zero-order valence-corrected chi connectivity index (χ0v) is 18.4. The Morgan fingerprint density at radius 3 is 2.69 bits per heavy atom. The van der Waals surface area contributed by atoms with Gasteiger partial charge in [0.15, 0.2) is 11.0 Å². The van der Waals surface area contributed by atoms with E-state index in [1.165, 1.54) is 5.56 Å². The maximum absolute atomic E-state index is 5.46. The second-order valence-electron chi connectivity index (χ2n) is 7.22. The van der Waals surface area contributed by atoms with Gasteiger partial charge in [-0.2, -0.15) is 0 Å². The number of para-hydroxylation sites is 1. The quantitative estimate of drug-likeness (QED) is 0.306. The van der Waals surface area contributed by atoms with Gasteiger partial charge < -0.3 is 9.72 Å². The summed E-state index contributed by atoms with van der Waals surface area (Å²) in [4.78, 5) is 3.34. The second-order valence-corrected chi connectivity index (χ2v) is 8.20. The third kappa shape index (κ3) is 4.05. The molecule has 2 heterocycles. The number of hydrogen-bond acceptors (Lipinski definition) is 4. The van der Waals surface area contributed by atoms with Crippen LogP contribution in [0.1, 0.15) is 5.56 Å². The highest BCUT2D eigenvalue weighted by atomic mass is 32.2. The van der Waals surface area contributed by atoms with Gasteiger partial charge in [0.2, 0.25) is 0 Å². The molecule has 0 saturated heterocycles. The molecule has 0 aliphatic carbocycles. The highest BCUT2D eigenvalue weighted by Gasteiger charge is 2.19. The van der Waals surface area contributed by atoms with Gasteiger partial charge in [-0.05, 0) is 23.8 Å². The Morgan fingerprint density at radius 1 is 0.969 bits per heavy atom. The molecule has 1 N–H and O–H groups in total. The Kier molecular flexibility index (Phi) is 5.77. The summed E-state index contributed by atoms with van der Waals surface area (Å²) in [6, 6.07) is 26.5. The molecule has 0 fully saturated rings. The molecule has 3 aromatic carbocycles. The standard InChI is InChI=1S/C26H22N4OS/c1-31-21-13-7-12-20(17-21)30-25(23-18-27-24-15-6-5-14-22(23)24)28-29-26(30)32-16-8-11-19-9-3-2-4-10-19/h2-15,17-18,27H,16H2,1H3.